The summed E-state index contributed by atoms with van der Waals surface area (Å²) in [5, 5.41) is 1.18. The van der Waals surface area contributed by atoms with E-state index in [0.717, 1.165) is 57.5 Å². The molecule has 1 N–H and O–H groups in total. The normalized spacial score (nSPS) is 17.8. The van der Waals surface area contributed by atoms with E-state index in [1.165, 1.54) is 29.1 Å². The minimum absolute atomic E-state index is 0.239. The van der Waals surface area contributed by atoms with Crippen LogP contribution in [-0.2, 0) is 19.3 Å². The van der Waals surface area contributed by atoms with Crippen molar-refractivity contribution < 1.29 is 4.39 Å². The first-order chi connectivity index (χ1) is 15.5. The van der Waals surface area contributed by atoms with Gasteiger partial charge in [-0.05, 0) is 102 Å². The number of aryl methyl sites for hydroxylation is 3. The van der Waals surface area contributed by atoms with Crippen LogP contribution < -0.4 is 0 Å². The summed E-state index contributed by atoms with van der Waals surface area (Å²) in [5.74, 6) is 0.934. The fourth-order valence-electron chi connectivity index (χ4n) is 4.47. The molecular formula is C26H26FIN4. The van der Waals surface area contributed by atoms with Crippen LogP contribution >= 0.6 is 22.6 Å². The molecule has 2 atom stereocenters. The minimum atomic E-state index is -0.239. The van der Waals surface area contributed by atoms with Crippen molar-refractivity contribution in [2.24, 2.45) is 5.92 Å². The van der Waals surface area contributed by atoms with E-state index in [9.17, 15) is 4.39 Å². The monoisotopic (exact) mass is 540 g/mol. The molecule has 6 heteroatoms. The van der Waals surface area contributed by atoms with Crippen molar-refractivity contribution in [3.05, 3.63) is 86.0 Å². The molecule has 4 aromatic rings. The lowest BCUT2D eigenvalue weighted by atomic mass is 10.0. The van der Waals surface area contributed by atoms with Gasteiger partial charge >= 0.3 is 0 Å². The summed E-state index contributed by atoms with van der Waals surface area (Å²) >= 11 is 2.34. The Morgan fingerprint density at radius 2 is 1.94 bits per heavy atom. The Labute approximate surface area is 201 Å². The Hall–Kier alpha value is -2.35. The topological polar surface area (TPSA) is 54.5 Å². The fourth-order valence-corrected chi connectivity index (χ4v) is 5.15. The van der Waals surface area contributed by atoms with Crippen LogP contribution in [0.4, 0.5) is 4.39 Å². The van der Waals surface area contributed by atoms with Gasteiger partial charge in [-0.1, -0.05) is 13.0 Å². The third-order valence-corrected chi connectivity index (χ3v) is 7.36. The molecule has 0 aliphatic heterocycles. The highest BCUT2D eigenvalue weighted by molar-refractivity contribution is 14.1. The molecule has 1 aliphatic carbocycles. The highest BCUT2D eigenvalue weighted by Gasteiger charge is 2.36. The SMILES string of the molecule is Cc1cnc2[nH]cc(Cc3ccc(CCCc4cc(F)cnc4C4CC4C)nc3I)c2c1. The van der Waals surface area contributed by atoms with Crippen LogP contribution in [0.1, 0.15) is 59.3 Å². The van der Waals surface area contributed by atoms with Crippen molar-refractivity contribution >= 4 is 33.6 Å². The Bertz CT molecular complexity index is 1280. The molecule has 2 unspecified atom stereocenters. The second kappa shape index (κ2) is 8.89. The summed E-state index contributed by atoms with van der Waals surface area (Å²) < 4.78 is 14.8. The summed E-state index contributed by atoms with van der Waals surface area (Å²) in [5.41, 5.74) is 7.79. The van der Waals surface area contributed by atoms with Crippen LogP contribution in [-0.4, -0.2) is 19.9 Å². The molecule has 0 aromatic carbocycles. The molecule has 1 saturated carbocycles. The number of pyridine rings is 3. The molecule has 0 radical (unpaired) electrons. The zero-order valence-corrected chi connectivity index (χ0v) is 20.5. The Balaban J connectivity index is 1.25. The minimum Gasteiger partial charge on any atom is -0.346 e. The number of nitrogens with zero attached hydrogens (tertiary/aromatic N) is 3. The molecule has 0 bridgehead atoms. The lowest BCUT2D eigenvalue weighted by Gasteiger charge is -2.09. The van der Waals surface area contributed by atoms with Crippen LogP contribution in [0.5, 0.6) is 0 Å². The number of H-pyrrole nitrogens is 1. The summed E-state index contributed by atoms with van der Waals surface area (Å²) in [4.78, 5) is 17.0. The van der Waals surface area contributed by atoms with Crippen LogP contribution in [0.25, 0.3) is 11.0 Å². The van der Waals surface area contributed by atoms with Crippen molar-refractivity contribution in [1.82, 2.24) is 19.9 Å². The molecule has 1 fully saturated rings. The van der Waals surface area contributed by atoms with Gasteiger partial charge in [0.25, 0.3) is 0 Å². The smallest absolute Gasteiger partial charge is 0.141 e. The maximum Gasteiger partial charge on any atom is 0.141 e. The second-order valence-corrected chi connectivity index (χ2v) is 10.0. The molecule has 0 amide bonds. The largest absolute Gasteiger partial charge is 0.346 e. The van der Waals surface area contributed by atoms with Gasteiger partial charge in [0.2, 0.25) is 0 Å². The second-order valence-electron chi connectivity index (χ2n) is 9.02. The third kappa shape index (κ3) is 4.56. The number of halogens is 2. The summed E-state index contributed by atoms with van der Waals surface area (Å²) in [6.07, 6.45) is 9.94. The Morgan fingerprint density at radius 1 is 1.09 bits per heavy atom. The van der Waals surface area contributed by atoms with Crippen molar-refractivity contribution in [3.8, 4) is 0 Å². The van der Waals surface area contributed by atoms with Crippen molar-refractivity contribution in [1.29, 1.82) is 0 Å². The van der Waals surface area contributed by atoms with E-state index in [0.29, 0.717) is 11.8 Å². The molecule has 4 nitrogen and oxygen atoms in total. The van der Waals surface area contributed by atoms with Gasteiger partial charge in [-0.15, -0.1) is 0 Å². The van der Waals surface area contributed by atoms with E-state index in [1.807, 2.05) is 12.4 Å². The molecule has 4 heterocycles. The standard InChI is InChI=1S/C26H26FIN4/c1-15-8-23-19(13-31-26(23)30-12-15)10-18-6-7-21(32-25(18)28)5-3-4-17-11-20(27)14-29-24(17)22-9-16(22)2/h6-8,11-14,16,22H,3-5,9-10H2,1-2H3,(H,30,31). The van der Waals surface area contributed by atoms with E-state index in [4.69, 9.17) is 4.98 Å². The van der Waals surface area contributed by atoms with E-state index in [1.54, 1.807) is 6.07 Å². The lowest BCUT2D eigenvalue weighted by molar-refractivity contribution is 0.613. The summed E-state index contributed by atoms with van der Waals surface area (Å²) in [6.45, 7) is 4.30. The van der Waals surface area contributed by atoms with E-state index < -0.39 is 0 Å². The molecule has 0 spiro atoms. The fraction of sp³-hybridized carbons (Fsp3) is 0.346. The van der Waals surface area contributed by atoms with Crippen LogP contribution in [0, 0.1) is 22.4 Å². The maximum absolute atomic E-state index is 13.8. The Morgan fingerprint density at radius 3 is 2.72 bits per heavy atom. The third-order valence-electron chi connectivity index (χ3n) is 6.43. The Kier molecular flexibility index (Phi) is 5.97. The van der Waals surface area contributed by atoms with Crippen LogP contribution in [0.15, 0.2) is 42.9 Å². The highest BCUT2D eigenvalue weighted by atomic mass is 127. The summed E-state index contributed by atoms with van der Waals surface area (Å²) in [6, 6.07) is 8.17. The number of nitrogens with one attached hydrogen (secondary N) is 1. The van der Waals surface area contributed by atoms with E-state index >= 15 is 0 Å². The number of hydrogen-bond acceptors (Lipinski definition) is 3. The first-order valence-electron chi connectivity index (χ1n) is 11.2. The van der Waals surface area contributed by atoms with Gasteiger partial charge in [-0.3, -0.25) is 4.98 Å². The van der Waals surface area contributed by atoms with Crippen molar-refractivity contribution in [2.45, 2.75) is 51.9 Å². The molecule has 32 heavy (non-hydrogen) atoms. The number of fused-ring (bicyclic) bond motifs is 1. The molecule has 5 rings (SSSR count). The predicted octanol–water partition coefficient (Wildman–Crippen LogP) is 6.29. The molecule has 164 valence electrons. The van der Waals surface area contributed by atoms with Crippen molar-refractivity contribution in [3.63, 3.8) is 0 Å². The van der Waals surface area contributed by atoms with Gasteiger partial charge in [0.05, 0.1) is 6.20 Å². The lowest BCUT2D eigenvalue weighted by Crippen LogP contribution is -2.02. The average Bonchev–Trinajstić information content (AvgIpc) is 3.36. The number of aromatic amines is 1. The van der Waals surface area contributed by atoms with Gasteiger partial charge < -0.3 is 4.98 Å². The molecular weight excluding hydrogens is 514 g/mol. The molecule has 1 aliphatic rings. The van der Waals surface area contributed by atoms with Crippen LogP contribution in [0.3, 0.4) is 0 Å². The first kappa shape index (κ1) is 21.5. The van der Waals surface area contributed by atoms with Gasteiger partial charge in [0.1, 0.15) is 15.2 Å². The van der Waals surface area contributed by atoms with E-state index in [2.05, 4.69) is 69.6 Å². The predicted molar refractivity (Wildman–Crippen MR) is 133 cm³/mol. The molecule has 0 saturated heterocycles. The highest BCUT2D eigenvalue weighted by Crippen LogP contribution is 2.47. The summed E-state index contributed by atoms with van der Waals surface area (Å²) in [7, 11) is 0. The zero-order valence-electron chi connectivity index (χ0n) is 18.3. The number of aromatic nitrogens is 4. The van der Waals surface area contributed by atoms with Gasteiger partial charge in [-0.2, -0.15) is 0 Å². The van der Waals surface area contributed by atoms with Crippen LogP contribution in [0.2, 0.25) is 0 Å². The maximum atomic E-state index is 13.8. The zero-order chi connectivity index (χ0) is 22.2. The van der Waals surface area contributed by atoms with E-state index in [-0.39, 0.29) is 5.82 Å². The van der Waals surface area contributed by atoms with Crippen molar-refractivity contribution in [2.75, 3.05) is 0 Å². The molecule has 4 aromatic heterocycles. The van der Waals surface area contributed by atoms with Gasteiger partial charge in [-0.25, -0.2) is 14.4 Å². The number of hydrogen-bond donors (Lipinski definition) is 1. The van der Waals surface area contributed by atoms with Gasteiger partial charge in [0.15, 0.2) is 0 Å². The quantitative estimate of drug-likeness (QED) is 0.221. The number of rotatable bonds is 7. The average molecular weight is 540 g/mol. The van der Waals surface area contributed by atoms with Gasteiger partial charge in [0, 0.05) is 41.5 Å². The first-order valence-corrected chi connectivity index (χ1v) is 12.3.